The summed E-state index contributed by atoms with van der Waals surface area (Å²) in [6.45, 7) is 0.624. The van der Waals surface area contributed by atoms with E-state index in [1.54, 1.807) is 26.2 Å². The smallest absolute Gasteiger partial charge is 0.272 e. The van der Waals surface area contributed by atoms with Crippen LogP contribution in [0.2, 0.25) is 0 Å². The van der Waals surface area contributed by atoms with Gasteiger partial charge in [0.15, 0.2) is 0 Å². The van der Waals surface area contributed by atoms with E-state index in [0.717, 1.165) is 12.8 Å². The molecule has 102 valence electrons. The average molecular weight is 263 g/mol. The molecule has 1 aromatic rings. The van der Waals surface area contributed by atoms with Gasteiger partial charge in [-0.05, 0) is 25.0 Å². The van der Waals surface area contributed by atoms with Crippen LogP contribution in [0.25, 0.3) is 0 Å². The maximum absolute atomic E-state index is 11.9. The Morgan fingerprint density at radius 1 is 1.47 bits per heavy atom. The molecule has 1 saturated heterocycles. The molecule has 0 aliphatic carbocycles. The molecule has 0 aromatic carbocycles. The summed E-state index contributed by atoms with van der Waals surface area (Å²) in [6.07, 6.45) is 2.75. The first-order valence-corrected chi connectivity index (χ1v) is 6.18. The molecule has 1 unspecified atom stereocenters. The van der Waals surface area contributed by atoms with E-state index >= 15 is 0 Å². The lowest BCUT2D eigenvalue weighted by molar-refractivity contribution is -0.124. The van der Waals surface area contributed by atoms with Crippen LogP contribution in [-0.4, -0.2) is 48.5 Å². The Labute approximate surface area is 111 Å². The number of hydrogen-bond acceptors (Lipinski definition) is 4. The van der Waals surface area contributed by atoms with E-state index in [0.29, 0.717) is 18.0 Å². The lowest BCUT2D eigenvalue weighted by atomic mass is 10.2. The van der Waals surface area contributed by atoms with Crippen LogP contribution in [0, 0.1) is 0 Å². The van der Waals surface area contributed by atoms with Crippen molar-refractivity contribution in [2.75, 3.05) is 26.0 Å². The Morgan fingerprint density at radius 2 is 2.26 bits per heavy atom. The number of aromatic nitrogens is 1. The lowest BCUT2D eigenvalue weighted by Crippen LogP contribution is -2.27. The molecule has 0 spiro atoms. The zero-order chi connectivity index (χ0) is 13.8. The molecule has 1 atom stereocenters. The molecule has 1 aromatic heterocycles. The maximum Gasteiger partial charge on any atom is 0.272 e. The number of ether oxygens (including phenoxy) is 1. The minimum Gasteiger partial charge on any atom is -0.368 e. The highest BCUT2D eigenvalue weighted by Gasteiger charge is 2.23. The third-order valence-corrected chi connectivity index (χ3v) is 2.87. The number of nitrogens with zero attached hydrogens (tertiary/aromatic N) is 2. The van der Waals surface area contributed by atoms with E-state index in [9.17, 15) is 9.59 Å². The summed E-state index contributed by atoms with van der Waals surface area (Å²) in [5.41, 5.74) is 0.857. The van der Waals surface area contributed by atoms with Gasteiger partial charge in [0.2, 0.25) is 0 Å². The fourth-order valence-corrected chi connectivity index (χ4v) is 1.86. The van der Waals surface area contributed by atoms with Crippen molar-refractivity contribution in [2.45, 2.75) is 18.9 Å². The van der Waals surface area contributed by atoms with Crippen molar-refractivity contribution >= 4 is 17.5 Å². The van der Waals surface area contributed by atoms with Gasteiger partial charge in [0.25, 0.3) is 11.8 Å². The van der Waals surface area contributed by atoms with Crippen LogP contribution in [-0.2, 0) is 9.53 Å². The normalized spacial score (nSPS) is 18.1. The van der Waals surface area contributed by atoms with Crippen molar-refractivity contribution in [1.29, 1.82) is 0 Å². The SMILES string of the molecule is CN(C)C(=O)c1cc(NC(=O)C2CCCO2)ccn1. The number of anilines is 1. The number of carbonyl (C=O) groups excluding carboxylic acids is 2. The van der Waals surface area contributed by atoms with Crippen LogP contribution in [0.3, 0.4) is 0 Å². The van der Waals surface area contributed by atoms with E-state index in [1.807, 2.05) is 0 Å². The molecule has 1 aliphatic heterocycles. The van der Waals surface area contributed by atoms with E-state index in [2.05, 4.69) is 10.3 Å². The standard InChI is InChI=1S/C13H17N3O3/c1-16(2)13(18)10-8-9(5-6-14-10)15-12(17)11-4-3-7-19-11/h5-6,8,11H,3-4,7H2,1-2H3,(H,14,15,17). The predicted octanol–water partition coefficient (Wildman–Crippen LogP) is 0.901. The maximum atomic E-state index is 11.9. The molecular formula is C13H17N3O3. The van der Waals surface area contributed by atoms with Crippen LogP contribution in [0.1, 0.15) is 23.3 Å². The Hall–Kier alpha value is -1.95. The van der Waals surface area contributed by atoms with E-state index in [1.165, 1.54) is 11.1 Å². The average Bonchev–Trinajstić information content (AvgIpc) is 2.92. The Bertz CT molecular complexity index is 482. The summed E-state index contributed by atoms with van der Waals surface area (Å²) in [6, 6.07) is 3.22. The molecule has 0 bridgehead atoms. The van der Waals surface area contributed by atoms with Crippen LogP contribution in [0.4, 0.5) is 5.69 Å². The number of amides is 2. The van der Waals surface area contributed by atoms with Gasteiger partial charge in [0.1, 0.15) is 11.8 Å². The van der Waals surface area contributed by atoms with Crippen LogP contribution in [0.5, 0.6) is 0 Å². The minimum absolute atomic E-state index is 0.174. The Morgan fingerprint density at radius 3 is 2.89 bits per heavy atom. The van der Waals surface area contributed by atoms with Gasteiger partial charge in [-0.25, -0.2) is 0 Å². The minimum atomic E-state index is -0.388. The third kappa shape index (κ3) is 3.29. The van der Waals surface area contributed by atoms with Crippen molar-refractivity contribution in [2.24, 2.45) is 0 Å². The zero-order valence-corrected chi connectivity index (χ0v) is 11.0. The number of carbonyl (C=O) groups is 2. The van der Waals surface area contributed by atoms with Gasteiger partial charge in [0, 0.05) is 32.6 Å². The molecule has 19 heavy (non-hydrogen) atoms. The second-order valence-corrected chi connectivity index (χ2v) is 4.62. The van der Waals surface area contributed by atoms with E-state index < -0.39 is 0 Å². The quantitative estimate of drug-likeness (QED) is 0.879. The summed E-state index contributed by atoms with van der Waals surface area (Å²) in [4.78, 5) is 29.1. The number of hydrogen-bond donors (Lipinski definition) is 1. The van der Waals surface area contributed by atoms with Crippen molar-refractivity contribution in [3.8, 4) is 0 Å². The first-order chi connectivity index (χ1) is 9.08. The van der Waals surface area contributed by atoms with Gasteiger partial charge in [-0.2, -0.15) is 0 Å². The van der Waals surface area contributed by atoms with Gasteiger partial charge in [0.05, 0.1) is 0 Å². The summed E-state index contributed by atoms with van der Waals surface area (Å²) >= 11 is 0. The number of nitrogens with one attached hydrogen (secondary N) is 1. The highest BCUT2D eigenvalue weighted by Crippen LogP contribution is 2.15. The molecule has 1 aliphatic rings. The van der Waals surface area contributed by atoms with Crippen LogP contribution >= 0.6 is 0 Å². The first-order valence-electron chi connectivity index (χ1n) is 6.18. The molecule has 1 N–H and O–H groups in total. The van der Waals surface area contributed by atoms with Crippen molar-refractivity contribution < 1.29 is 14.3 Å². The summed E-state index contributed by atoms with van der Waals surface area (Å²) in [7, 11) is 3.31. The van der Waals surface area contributed by atoms with Gasteiger partial charge in [-0.15, -0.1) is 0 Å². The summed E-state index contributed by atoms with van der Waals surface area (Å²) in [5, 5.41) is 2.74. The van der Waals surface area contributed by atoms with Gasteiger partial charge >= 0.3 is 0 Å². The lowest BCUT2D eigenvalue weighted by Gasteiger charge is -2.12. The number of rotatable bonds is 3. The highest BCUT2D eigenvalue weighted by atomic mass is 16.5. The second kappa shape index (κ2) is 5.79. The topological polar surface area (TPSA) is 71.5 Å². The summed E-state index contributed by atoms with van der Waals surface area (Å²) < 4.78 is 5.30. The van der Waals surface area contributed by atoms with Gasteiger partial charge < -0.3 is 15.0 Å². The molecule has 6 heteroatoms. The molecule has 2 heterocycles. The molecular weight excluding hydrogens is 246 g/mol. The van der Waals surface area contributed by atoms with Gasteiger partial charge in [-0.1, -0.05) is 0 Å². The molecule has 2 rings (SSSR count). The van der Waals surface area contributed by atoms with Crippen LogP contribution < -0.4 is 5.32 Å². The fraction of sp³-hybridized carbons (Fsp3) is 0.462. The molecule has 0 radical (unpaired) electrons. The highest BCUT2D eigenvalue weighted by molar-refractivity contribution is 5.97. The first kappa shape index (κ1) is 13.5. The second-order valence-electron chi connectivity index (χ2n) is 4.62. The van der Waals surface area contributed by atoms with Crippen molar-refractivity contribution in [1.82, 2.24) is 9.88 Å². The predicted molar refractivity (Wildman–Crippen MR) is 69.9 cm³/mol. The Balaban J connectivity index is 2.06. The van der Waals surface area contributed by atoms with E-state index in [-0.39, 0.29) is 17.9 Å². The third-order valence-electron chi connectivity index (χ3n) is 2.87. The monoisotopic (exact) mass is 263 g/mol. The molecule has 2 amide bonds. The van der Waals surface area contributed by atoms with Crippen molar-refractivity contribution in [3.05, 3.63) is 24.0 Å². The van der Waals surface area contributed by atoms with E-state index in [4.69, 9.17) is 4.74 Å². The largest absolute Gasteiger partial charge is 0.368 e. The molecule has 1 fully saturated rings. The fourth-order valence-electron chi connectivity index (χ4n) is 1.86. The molecule has 0 saturated carbocycles. The Kier molecular flexibility index (Phi) is 4.11. The molecule has 6 nitrogen and oxygen atoms in total. The van der Waals surface area contributed by atoms with Crippen molar-refractivity contribution in [3.63, 3.8) is 0 Å². The van der Waals surface area contributed by atoms with Crippen LogP contribution in [0.15, 0.2) is 18.3 Å². The summed E-state index contributed by atoms with van der Waals surface area (Å²) in [5.74, 6) is -0.375. The van der Waals surface area contributed by atoms with Gasteiger partial charge in [-0.3, -0.25) is 14.6 Å². The number of pyridine rings is 1. The zero-order valence-electron chi connectivity index (χ0n) is 11.0.